The summed E-state index contributed by atoms with van der Waals surface area (Å²) in [5.41, 5.74) is 1.33. The first kappa shape index (κ1) is 12.8. The van der Waals surface area contributed by atoms with E-state index in [1.807, 2.05) is 0 Å². The Labute approximate surface area is 115 Å². The Morgan fingerprint density at radius 2 is 2.05 bits per heavy atom. The highest BCUT2D eigenvalue weighted by Gasteiger charge is 2.25. The number of benzene rings is 1. The van der Waals surface area contributed by atoms with Gasteiger partial charge >= 0.3 is 0 Å². The van der Waals surface area contributed by atoms with Crippen LogP contribution in [0.2, 0.25) is 0 Å². The van der Waals surface area contributed by atoms with Gasteiger partial charge in [-0.3, -0.25) is 0 Å². The van der Waals surface area contributed by atoms with Crippen molar-refractivity contribution in [1.29, 1.82) is 0 Å². The molecular formula is C16H23NO2. The molecule has 2 fully saturated rings. The van der Waals surface area contributed by atoms with Crippen LogP contribution in [0, 0.1) is 0 Å². The van der Waals surface area contributed by atoms with E-state index in [2.05, 4.69) is 23.5 Å². The molecule has 1 atom stereocenters. The molecule has 1 N–H and O–H groups in total. The van der Waals surface area contributed by atoms with Crippen LogP contribution in [0.5, 0.6) is 11.5 Å². The summed E-state index contributed by atoms with van der Waals surface area (Å²) >= 11 is 0. The maximum Gasteiger partial charge on any atom is 0.161 e. The van der Waals surface area contributed by atoms with E-state index in [0.717, 1.165) is 24.5 Å². The Kier molecular flexibility index (Phi) is 3.92. The minimum Gasteiger partial charge on any atom is -0.493 e. The van der Waals surface area contributed by atoms with Crippen LogP contribution in [-0.4, -0.2) is 25.8 Å². The molecule has 104 valence electrons. The predicted octanol–water partition coefficient (Wildman–Crippen LogP) is 2.92. The Balaban J connectivity index is 1.67. The molecule has 1 unspecified atom stereocenters. The Morgan fingerprint density at radius 1 is 1.16 bits per heavy atom. The molecule has 0 aromatic heterocycles. The molecule has 0 bridgehead atoms. The van der Waals surface area contributed by atoms with Gasteiger partial charge in [0.25, 0.3) is 0 Å². The van der Waals surface area contributed by atoms with Crippen LogP contribution < -0.4 is 14.8 Å². The SMILES string of the molecule is COc1cc(CC2CCCCN2)ccc1OC1CC1. The summed E-state index contributed by atoms with van der Waals surface area (Å²) in [6.45, 7) is 1.16. The normalized spacial score (nSPS) is 23.1. The molecule has 0 amide bonds. The number of ether oxygens (including phenoxy) is 2. The maximum atomic E-state index is 5.85. The van der Waals surface area contributed by atoms with Gasteiger partial charge in [0.15, 0.2) is 11.5 Å². The van der Waals surface area contributed by atoms with Crippen LogP contribution in [0.25, 0.3) is 0 Å². The zero-order valence-corrected chi connectivity index (χ0v) is 11.7. The second-order valence-corrected chi connectivity index (χ2v) is 5.65. The molecule has 3 heteroatoms. The average Bonchev–Trinajstić information content (AvgIpc) is 3.26. The van der Waals surface area contributed by atoms with E-state index in [1.165, 1.54) is 37.7 Å². The van der Waals surface area contributed by atoms with Crippen LogP contribution in [0.4, 0.5) is 0 Å². The molecule has 1 aliphatic heterocycles. The van der Waals surface area contributed by atoms with Crippen LogP contribution in [0.3, 0.4) is 0 Å². The summed E-state index contributed by atoms with van der Waals surface area (Å²) in [5.74, 6) is 1.77. The Hall–Kier alpha value is -1.22. The fourth-order valence-corrected chi connectivity index (χ4v) is 2.68. The number of hydrogen-bond acceptors (Lipinski definition) is 3. The first-order chi connectivity index (χ1) is 9.35. The predicted molar refractivity (Wildman–Crippen MR) is 76.0 cm³/mol. The molecule has 3 nitrogen and oxygen atoms in total. The average molecular weight is 261 g/mol. The van der Waals surface area contributed by atoms with Crippen molar-refractivity contribution in [2.24, 2.45) is 0 Å². The second-order valence-electron chi connectivity index (χ2n) is 5.65. The lowest BCUT2D eigenvalue weighted by Crippen LogP contribution is -2.35. The van der Waals surface area contributed by atoms with E-state index in [4.69, 9.17) is 9.47 Å². The summed E-state index contributed by atoms with van der Waals surface area (Å²) in [6.07, 6.45) is 7.79. The minimum atomic E-state index is 0.416. The number of piperidine rings is 1. The highest BCUT2D eigenvalue weighted by Crippen LogP contribution is 2.34. The van der Waals surface area contributed by atoms with Gasteiger partial charge in [-0.15, -0.1) is 0 Å². The van der Waals surface area contributed by atoms with E-state index >= 15 is 0 Å². The van der Waals surface area contributed by atoms with Gasteiger partial charge in [0, 0.05) is 6.04 Å². The van der Waals surface area contributed by atoms with Gasteiger partial charge in [0.1, 0.15) is 0 Å². The zero-order valence-electron chi connectivity index (χ0n) is 11.7. The summed E-state index contributed by atoms with van der Waals surface area (Å²) in [6, 6.07) is 6.99. The third kappa shape index (κ3) is 3.41. The molecule has 1 saturated carbocycles. The van der Waals surface area contributed by atoms with Gasteiger partial charge in [-0.25, -0.2) is 0 Å². The van der Waals surface area contributed by atoms with E-state index in [9.17, 15) is 0 Å². The van der Waals surface area contributed by atoms with Crippen molar-refractivity contribution in [3.63, 3.8) is 0 Å². The van der Waals surface area contributed by atoms with Gasteiger partial charge in [-0.05, 0) is 56.3 Å². The van der Waals surface area contributed by atoms with Crippen molar-refractivity contribution in [3.8, 4) is 11.5 Å². The third-order valence-corrected chi connectivity index (χ3v) is 3.94. The van der Waals surface area contributed by atoms with Gasteiger partial charge in [0.2, 0.25) is 0 Å². The van der Waals surface area contributed by atoms with Crippen LogP contribution in [0.1, 0.15) is 37.7 Å². The zero-order chi connectivity index (χ0) is 13.1. The van der Waals surface area contributed by atoms with Gasteiger partial charge < -0.3 is 14.8 Å². The second kappa shape index (κ2) is 5.83. The summed E-state index contributed by atoms with van der Waals surface area (Å²) in [7, 11) is 1.72. The molecule has 0 radical (unpaired) electrons. The van der Waals surface area contributed by atoms with Crippen molar-refractivity contribution in [2.75, 3.05) is 13.7 Å². The van der Waals surface area contributed by atoms with Crippen molar-refractivity contribution in [2.45, 2.75) is 50.7 Å². The minimum absolute atomic E-state index is 0.416. The van der Waals surface area contributed by atoms with Crippen LogP contribution in [0.15, 0.2) is 18.2 Å². The lowest BCUT2D eigenvalue weighted by atomic mass is 9.97. The molecule has 1 aromatic carbocycles. The van der Waals surface area contributed by atoms with Crippen molar-refractivity contribution in [3.05, 3.63) is 23.8 Å². The first-order valence-corrected chi connectivity index (χ1v) is 7.42. The van der Waals surface area contributed by atoms with E-state index < -0.39 is 0 Å². The quantitative estimate of drug-likeness (QED) is 0.884. The molecular weight excluding hydrogens is 238 g/mol. The number of methoxy groups -OCH3 is 1. The van der Waals surface area contributed by atoms with Crippen molar-refractivity contribution >= 4 is 0 Å². The van der Waals surface area contributed by atoms with Crippen LogP contribution in [-0.2, 0) is 6.42 Å². The third-order valence-electron chi connectivity index (χ3n) is 3.94. The largest absolute Gasteiger partial charge is 0.493 e. The first-order valence-electron chi connectivity index (χ1n) is 7.42. The molecule has 3 rings (SSSR count). The Morgan fingerprint density at radius 3 is 2.74 bits per heavy atom. The van der Waals surface area contributed by atoms with Crippen molar-refractivity contribution in [1.82, 2.24) is 5.32 Å². The lowest BCUT2D eigenvalue weighted by molar-refractivity contribution is 0.282. The topological polar surface area (TPSA) is 30.5 Å². The number of rotatable bonds is 5. The van der Waals surface area contributed by atoms with Gasteiger partial charge in [-0.2, -0.15) is 0 Å². The molecule has 1 saturated heterocycles. The lowest BCUT2D eigenvalue weighted by Gasteiger charge is -2.23. The monoisotopic (exact) mass is 261 g/mol. The summed E-state index contributed by atoms with van der Waals surface area (Å²) in [5, 5.41) is 3.59. The molecule has 19 heavy (non-hydrogen) atoms. The fourth-order valence-electron chi connectivity index (χ4n) is 2.68. The molecule has 1 aliphatic carbocycles. The number of hydrogen-bond donors (Lipinski definition) is 1. The standard InChI is InChI=1S/C16H23NO2/c1-18-16-11-12(10-13-4-2-3-9-17-13)5-8-15(16)19-14-6-7-14/h5,8,11,13-14,17H,2-4,6-7,9-10H2,1H3. The van der Waals surface area contributed by atoms with E-state index in [-0.39, 0.29) is 0 Å². The Bertz CT molecular complexity index is 423. The van der Waals surface area contributed by atoms with E-state index in [1.54, 1.807) is 7.11 Å². The van der Waals surface area contributed by atoms with Crippen molar-refractivity contribution < 1.29 is 9.47 Å². The molecule has 2 aliphatic rings. The maximum absolute atomic E-state index is 5.85. The number of nitrogens with one attached hydrogen (secondary N) is 1. The van der Waals surface area contributed by atoms with Crippen LogP contribution >= 0.6 is 0 Å². The fraction of sp³-hybridized carbons (Fsp3) is 0.625. The molecule has 1 aromatic rings. The van der Waals surface area contributed by atoms with Gasteiger partial charge in [0.05, 0.1) is 13.2 Å². The smallest absolute Gasteiger partial charge is 0.161 e. The summed E-state index contributed by atoms with van der Waals surface area (Å²) in [4.78, 5) is 0. The highest BCUT2D eigenvalue weighted by molar-refractivity contribution is 5.43. The summed E-state index contributed by atoms with van der Waals surface area (Å²) < 4.78 is 11.3. The van der Waals surface area contributed by atoms with Gasteiger partial charge in [-0.1, -0.05) is 12.5 Å². The highest BCUT2D eigenvalue weighted by atomic mass is 16.5. The molecule has 0 spiro atoms. The molecule has 1 heterocycles. The van der Waals surface area contributed by atoms with E-state index in [0.29, 0.717) is 12.1 Å².